The number of anilines is 2. The molecule has 2 amide bonds. The summed E-state index contributed by atoms with van der Waals surface area (Å²) in [4.78, 5) is 27.4. The third-order valence-corrected chi connectivity index (χ3v) is 7.59. The zero-order chi connectivity index (χ0) is 18.6. The van der Waals surface area contributed by atoms with Crippen LogP contribution in [0.1, 0.15) is 63.4 Å². The average molecular weight is 367 g/mol. The van der Waals surface area contributed by atoms with E-state index in [2.05, 4.69) is 5.32 Å². The van der Waals surface area contributed by atoms with Crippen molar-refractivity contribution in [2.45, 2.75) is 64.7 Å². The second-order valence-corrected chi connectivity index (χ2v) is 9.66. The average Bonchev–Trinajstić information content (AvgIpc) is 2.62. The first kappa shape index (κ1) is 17.3. The van der Waals surface area contributed by atoms with Gasteiger partial charge in [-0.2, -0.15) is 0 Å². The van der Waals surface area contributed by atoms with Gasteiger partial charge in [0.05, 0.1) is 5.41 Å². The fraction of sp³-hybridized carbons (Fsp3) is 0.652. The van der Waals surface area contributed by atoms with Gasteiger partial charge < -0.3 is 10.2 Å². The highest BCUT2D eigenvalue weighted by Crippen LogP contribution is 2.60. The molecule has 1 aromatic carbocycles. The first-order valence-corrected chi connectivity index (χ1v) is 10.7. The van der Waals surface area contributed by atoms with Gasteiger partial charge in [-0.1, -0.05) is 0 Å². The predicted molar refractivity (Wildman–Crippen MR) is 107 cm³/mol. The second-order valence-electron chi connectivity index (χ2n) is 9.66. The molecule has 1 N–H and O–H groups in total. The van der Waals surface area contributed by atoms with Crippen LogP contribution in [-0.2, 0) is 9.59 Å². The topological polar surface area (TPSA) is 49.4 Å². The van der Waals surface area contributed by atoms with Crippen molar-refractivity contribution in [2.24, 2.45) is 23.2 Å². The summed E-state index contributed by atoms with van der Waals surface area (Å²) in [7, 11) is 0. The molecule has 1 aromatic rings. The van der Waals surface area contributed by atoms with Gasteiger partial charge in [0, 0.05) is 24.3 Å². The minimum atomic E-state index is -0.121. The van der Waals surface area contributed by atoms with Gasteiger partial charge in [0.1, 0.15) is 0 Å². The van der Waals surface area contributed by atoms with E-state index < -0.39 is 0 Å². The van der Waals surface area contributed by atoms with Crippen molar-refractivity contribution in [1.29, 1.82) is 0 Å². The Hall–Kier alpha value is -1.84. The van der Waals surface area contributed by atoms with E-state index in [1.165, 1.54) is 19.3 Å². The Balaban J connectivity index is 1.33. The molecule has 4 bridgehead atoms. The monoisotopic (exact) mass is 366 g/mol. The Morgan fingerprint density at radius 2 is 1.74 bits per heavy atom. The van der Waals surface area contributed by atoms with Crippen molar-refractivity contribution >= 4 is 23.2 Å². The number of rotatable bonds is 3. The summed E-state index contributed by atoms with van der Waals surface area (Å²) in [5.41, 5.74) is 2.81. The minimum Gasteiger partial charge on any atom is -0.326 e. The molecule has 0 unspecified atom stereocenters. The summed E-state index contributed by atoms with van der Waals surface area (Å²) in [6, 6.07) is 6.02. The van der Waals surface area contributed by atoms with Gasteiger partial charge in [-0.25, -0.2) is 0 Å². The zero-order valence-electron chi connectivity index (χ0n) is 16.3. The van der Waals surface area contributed by atoms with Crippen LogP contribution in [0, 0.1) is 30.1 Å². The molecule has 5 aliphatic rings. The number of carbonyl (C=O) groups excluding carboxylic acids is 2. The largest absolute Gasteiger partial charge is 0.326 e. The van der Waals surface area contributed by atoms with Crippen LogP contribution >= 0.6 is 0 Å². The van der Waals surface area contributed by atoms with E-state index in [9.17, 15) is 9.59 Å². The highest BCUT2D eigenvalue weighted by molar-refractivity contribution is 5.97. The Labute approximate surface area is 161 Å². The van der Waals surface area contributed by atoms with Gasteiger partial charge in [0.15, 0.2) is 0 Å². The summed E-state index contributed by atoms with van der Waals surface area (Å²) < 4.78 is 0. The quantitative estimate of drug-likeness (QED) is 0.845. The van der Waals surface area contributed by atoms with Crippen LogP contribution in [-0.4, -0.2) is 18.4 Å². The van der Waals surface area contributed by atoms with E-state index in [0.717, 1.165) is 73.3 Å². The Morgan fingerprint density at radius 3 is 2.33 bits per heavy atom. The lowest BCUT2D eigenvalue weighted by molar-refractivity contribution is -0.140. The molecule has 1 heterocycles. The lowest BCUT2D eigenvalue weighted by Gasteiger charge is -2.55. The van der Waals surface area contributed by atoms with Crippen LogP contribution in [0.25, 0.3) is 0 Å². The van der Waals surface area contributed by atoms with E-state index >= 15 is 0 Å². The van der Waals surface area contributed by atoms with Gasteiger partial charge >= 0.3 is 0 Å². The van der Waals surface area contributed by atoms with Crippen molar-refractivity contribution in [1.82, 2.24) is 0 Å². The number of hydrogen-bond acceptors (Lipinski definition) is 2. The van der Waals surface area contributed by atoms with E-state index in [1.54, 1.807) is 0 Å². The lowest BCUT2D eigenvalue weighted by atomic mass is 9.49. The molecule has 6 rings (SSSR count). The van der Waals surface area contributed by atoms with Crippen molar-refractivity contribution in [3.05, 3.63) is 23.8 Å². The van der Waals surface area contributed by atoms with Crippen LogP contribution in [0.3, 0.4) is 0 Å². The van der Waals surface area contributed by atoms with Gasteiger partial charge in [-0.05, 0) is 99.8 Å². The van der Waals surface area contributed by atoms with E-state index in [0.29, 0.717) is 6.42 Å². The molecule has 0 spiro atoms. The van der Waals surface area contributed by atoms with E-state index in [1.807, 2.05) is 30.0 Å². The molecular weight excluding hydrogens is 336 g/mol. The first-order chi connectivity index (χ1) is 13.0. The standard InChI is InChI=1S/C23H30N2O2/c1-15-8-19(5-6-20(15)25-7-3-2-4-21(25)26)24-22(27)23-12-16-9-17(13-23)11-18(10-16)14-23/h5-6,8,16-18H,2-4,7,9-14H2,1H3,(H,24,27). The smallest absolute Gasteiger partial charge is 0.230 e. The predicted octanol–water partition coefficient (Wildman–Crippen LogP) is 4.67. The maximum Gasteiger partial charge on any atom is 0.230 e. The number of aryl methyl sites for hydroxylation is 1. The maximum absolute atomic E-state index is 13.2. The fourth-order valence-corrected chi connectivity index (χ4v) is 6.75. The molecule has 4 aliphatic carbocycles. The van der Waals surface area contributed by atoms with E-state index in [-0.39, 0.29) is 17.2 Å². The summed E-state index contributed by atoms with van der Waals surface area (Å²) in [6.45, 7) is 2.84. The van der Waals surface area contributed by atoms with Crippen molar-refractivity contribution in [3.8, 4) is 0 Å². The number of nitrogens with one attached hydrogen (secondary N) is 1. The molecule has 1 saturated heterocycles. The number of hydrogen-bond donors (Lipinski definition) is 1. The molecule has 4 heteroatoms. The number of carbonyl (C=O) groups is 2. The highest BCUT2D eigenvalue weighted by Gasteiger charge is 2.54. The van der Waals surface area contributed by atoms with Gasteiger partial charge in [0.2, 0.25) is 11.8 Å². The minimum absolute atomic E-state index is 0.121. The molecule has 4 saturated carbocycles. The van der Waals surface area contributed by atoms with E-state index in [4.69, 9.17) is 0 Å². The number of benzene rings is 1. The molecule has 0 atom stereocenters. The number of amides is 2. The summed E-state index contributed by atoms with van der Waals surface area (Å²) in [5, 5.41) is 3.24. The summed E-state index contributed by atoms with van der Waals surface area (Å²) in [6.07, 6.45) is 10.0. The van der Waals surface area contributed by atoms with Gasteiger partial charge in [0.25, 0.3) is 0 Å². The maximum atomic E-state index is 13.2. The van der Waals surface area contributed by atoms with Crippen molar-refractivity contribution < 1.29 is 9.59 Å². The van der Waals surface area contributed by atoms with Gasteiger partial charge in [-0.3, -0.25) is 9.59 Å². The van der Waals surface area contributed by atoms with Crippen LogP contribution in [0.2, 0.25) is 0 Å². The third kappa shape index (κ3) is 2.97. The first-order valence-electron chi connectivity index (χ1n) is 10.7. The molecule has 5 fully saturated rings. The Bertz CT molecular complexity index is 749. The summed E-state index contributed by atoms with van der Waals surface area (Å²) >= 11 is 0. The van der Waals surface area contributed by atoms with Crippen LogP contribution < -0.4 is 10.2 Å². The molecular formula is C23H30N2O2. The second kappa shape index (κ2) is 6.35. The molecule has 27 heavy (non-hydrogen) atoms. The third-order valence-electron chi connectivity index (χ3n) is 7.59. The molecule has 0 radical (unpaired) electrons. The van der Waals surface area contributed by atoms with Crippen LogP contribution in [0.15, 0.2) is 18.2 Å². The van der Waals surface area contributed by atoms with Crippen molar-refractivity contribution in [2.75, 3.05) is 16.8 Å². The molecule has 144 valence electrons. The molecule has 4 nitrogen and oxygen atoms in total. The lowest BCUT2D eigenvalue weighted by Crippen LogP contribution is -2.51. The Kier molecular flexibility index (Phi) is 4.06. The fourth-order valence-electron chi connectivity index (χ4n) is 6.75. The zero-order valence-corrected chi connectivity index (χ0v) is 16.3. The SMILES string of the molecule is Cc1cc(NC(=O)C23CC4CC(CC(C4)C2)C3)ccc1N1CCCCC1=O. The Morgan fingerprint density at radius 1 is 1.07 bits per heavy atom. The molecule has 0 aromatic heterocycles. The van der Waals surface area contributed by atoms with Gasteiger partial charge in [-0.15, -0.1) is 0 Å². The van der Waals surface area contributed by atoms with Crippen molar-refractivity contribution in [3.63, 3.8) is 0 Å². The highest BCUT2D eigenvalue weighted by atomic mass is 16.2. The number of piperidine rings is 1. The van der Waals surface area contributed by atoms with Crippen LogP contribution in [0.5, 0.6) is 0 Å². The number of nitrogens with zero attached hydrogens (tertiary/aromatic N) is 1. The normalized spacial score (nSPS) is 34.8. The summed E-state index contributed by atoms with van der Waals surface area (Å²) in [5.74, 6) is 2.78. The molecule has 1 aliphatic heterocycles. The van der Waals surface area contributed by atoms with Crippen LogP contribution in [0.4, 0.5) is 11.4 Å².